The number of hydrogen-bond acceptors (Lipinski definition) is 7. The van der Waals surface area contributed by atoms with Crippen LogP contribution in [0.15, 0.2) is 35.3 Å². The predicted molar refractivity (Wildman–Crippen MR) is 152 cm³/mol. The van der Waals surface area contributed by atoms with Crippen molar-refractivity contribution in [2.45, 2.75) is 52.6 Å². The standard InChI is InChI=1S/C28H36FN7O5/c1-16(2)13-21-25-24(18(29)14-30-21)33-22(34-25)15-36-17(3)11-12-20(27(36)39)31-26(38)19(32-28(40)41-6)9-7-8-10-23(37)35(4)5/h8,10-12,14,16,19H,7,9,13,15H2,1-6H3,(H,31,38)(H,32,40)(H,33,34). The third kappa shape index (κ3) is 7.99. The van der Waals surface area contributed by atoms with Crippen LogP contribution in [0.4, 0.5) is 14.9 Å². The molecule has 13 heteroatoms. The first kappa shape index (κ1) is 31.0. The summed E-state index contributed by atoms with van der Waals surface area (Å²) in [6.07, 6.45) is 4.37. The van der Waals surface area contributed by atoms with Gasteiger partial charge in [-0.2, -0.15) is 0 Å². The van der Waals surface area contributed by atoms with E-state index in [0.717, 1.165) is 6.20 Å². The molecule has 3 rings (SSSR count). The van der Waals surface area contributed by atoms with E-state index in [2.05, 4.69) is 30.3 Å². The molecule has 41 heavy (non-hydrogen) atoms. The number of carbonyl (C=O) groups is 3. The number of ether oxygens (including phenoxy) is 1. The van der Waals surface area contributed by atoms with Crippen LogP contribution in [0.25, 0.3) is 11.0 Å². The first-order chi connectivity index (χ1) is 19.4. The second kappa shape index (κ2) is 13.7. The summed E-state index contributed by atoms with van der Waals surface area (Å²) in [6.45, 7) is 5.79. The Morgan fingerprint density at radius 3 is 2.63 bits per heavy atom. The van der Waals surface area contributed by atoms with E-state index in [1.807, 2.05) is 13.8 Å². The monoisotopic (exact) mass is 569 g/mol. The maximum atomic E-state index is 14.5. The summed E-state index contributed by atoms with van der Waals surface area (Å²) in [5, 5.41) is 5.04. The number of nitrogens with zero attached hydrogens (tertiary/aromatic N) is 4. The van der Waals surface area contributed by atoms with E-state index >= 15 is 0 Å². The number of carbonyl (C=O) groups excluding carboxylic acids is 3. The molecule has 220 valence electrons. The Morgan fingerprint density at radius 2 is 1.98 bits per heavy atom. The molecular weight excluding hydrogens is 533 g/mol. The number of anilines is 1. The second-order valence-corrected chi connectivity index (χ2v) is 10.2. The first-order valence-electron chi connectivity index (χ1n) is 13.2. The number of aryl methyl sites for hydroxylation is 1. The lowest BCUT2D eigenvalue weighted by atomic mass is 10.1. The Hall–Kier alpha value is -4.55. The first-order valence-corrected chi connectivity index (χ1v) is 13.2. The van der Waals surface area contributed by atoms with Crippen LogP contribution < -0.4 is 16.2 Å². The van der Waals surface area contributed by atoms with Gasteiger partial charge in [-0.15, -0.1) is 0 Å². The van der Waals surface area contributed by atoms with Gasteiger partial charge in [0.2, 0.25) is 11.8 Å². The maximum Gasteiger partial charge on any atom is 0.407 e. The summed E-state index contributed by atoms with van der Waals surface area (Å²) in [4.78, 5) is 63.2. The van der Waals surface area contributed by atoms with Crippen LogP contribution in [0.2, 0.25) is 0 Å². The molecule has 0 aromatic carbocycles. The molecule has 0 spiro atoms. The van der Waals surface area contributed by atoms with Crippen molar-refractivity contribution < 1.29 is 23.5 Å². The molecule has 0 aliphatic rings. The Labute approximate surface area is 237 Å². The molecule has 0 fully saturated rings. The minimum Gasteiger partial charge on any atom is -0.453 e. The van der Waals surface area contributed by atoms with Gasteiger partial charge in [-0.3, -0.25) is 19.4 Å². The molecule has 0 aliphatic heterocycles. The number of allylic oxidation sites excluding steroid dienone is 1. The normalized spacial score (nSPS) is 12.1. The van der Waals surface area contributed by atoms with Gasteiger partial charge in [0, 0.05) is 19.8 Å². The average molecular weight is 570 g/mol. The lowest BCUT2D eigenvalue weighted by Crippen LogP contribution is -2.44. The van der Waals surface area contributed by atoms with Crippen LogP contribution in [0.5, 0.6) is 0 Å². The lowest BCUT2D eigenvalue weighted by Gasteiger charge is -2.18. The van der Waals surface area contributed by atoms with Crippen molar-refractivity contribution in [1.29, 1.82) is 0 Å². The van der Waals surface area contributed by atoms with Gasteiger partial charge in [-0.1, -0.05) is 19.9 Å². The molecule has 3 heterocycles. The SMILES string of the molecule is COC(=O)NC(CCC=CC(=O)N(C)C)C(=O)Nc1ccc(C)n(Cc2nc3c(F)cnc(CC(C)C)c3[nH]2)c1=O. The van der Waals surface area contributed by atoms with Crippen molar-refractivity contribution in [2.75, 3.05) is 26.5 Å². The number of imidazole rings is 1. The van der Waals surface area contributed by atoms with Gasteiger partial charge in [0.25, 0.3) is 5.56 Å². The van der Waals surface area contributed by atoms with Crippen molar-refractivity contribution in [3.63, 3.8) is 0 Å². The van der Waals surface area contributed by atoms with E-state index in [4.69, 9.17) is 0 Å². The van der Waals surface area contributed by atoms with E-state index in [1.54, 1.807) is 33.2 Å². The lowest BCUT2D eigenvalue weighted by molar-refractivity contribution is -0.123. The smallest absolute Gasteiger partial charge is 0.407 e. The van der Waals surface area contributed by atoms with E-state index in [-0.39, 0.29) is 30.1 Å². The number of aromatic amines is 1. The van der Waals surface area contributed by atoms with E-state index in [0.29, 0.717) is 41.5 Å². The van der Waals surface area contributed by atoms with Crippen LogP contribution in [-0.4, -0.2) is 69.6 Å². The number of fused-ring (bicyclic) bond motifs is 1. The van der Waals surface area contributed by atoms with Crippen LogP contribution in [0, 0.1) is 18.7 Å². The van der Waals surface area contributed by atoms with Crippen molar-refractivity contribution >= 4 is 34.6 Å². The Morgan fingerprint density at radius 1 is 1.24 bits per heavy atom. The number of amides is 3. The molecule has 3 aromatic heterocycles. The summed E-state index contributed by atoms with van der Waals surface area (Å²) in [5.74, 6) is -0.764. The highest BCUT2D eigenvalue weighted by Crippen LogP contribution is 2.21. The minimum atomic E-state index is -1.04. The van der Waals surface area contributed by atoms with E-state index in [1.165, 1.54) is 28.7 Å². The zero-order valence-electron chi connectivity index (χ0n) is 24.1. The zero-order valence-corrected chi connectivity index (χ0v) is 24.1. The fourth-order valence-corrected chi connectivity index (χ4v) is 4.08. The molecule has 3 amide bonds. The highest BCUT2D eigenvalue weighted by Gasteiger charge is 2.22. The summed E-state index contributed by atoms with van der Waals surface area (Å²) < 4.78 is 20.5. The second-order valence-electron chi connectivity index (χ2n) is 10.2. The average Bonchev–Trinajstić information content (AvgIpc) is 3.36. The van der Waals surface area contributed by atoms with Crippen LogP contribution >= 0.6 is 0 Å². The molecule has 0 saturated carbocycles. The summed E-state index contributed by atoms with van der Waals surface area (Å²) in [7, 11) is 4.40. The fourth-order valence-electron chi connectivity index (χ4n) is 4.08. The van der Waals surface area contributed by atoms with Crippen LogP contribution in [0.1, 0.15) is 43.9 Å². The van der Waals surface area contributed by atoms with Gasteiger partial charge in [0.1, 0.15) is 23.1 Å². The summed E-state index contributed by atoms with van der Waals surface area (Å²) >= 11 is 0. The maximum absolute atomic E-state index is 14.5. The number of H-pyrrole nitrogens is 1. The van der Waals surface area contributed by atoms with Crippen molar-refractivity contribution in [2.24, 2.45) is 5.92 Å². The molecule has 3 aromatic rings. The molecule has 1 atom stereocenters. The molecule has 0 aliphatic carbocycles. The number of nitrogens with one attached hydrogen (secondary N) is 3. The highest BCUT2D eigenvalue weighted by atomic mass is 19.1. The zero-order chi connectivity index (χ0) is 30.3. The minimum absolute atomic E-state index is 0.00183. The molecule has 12 nitrogen and oxygen atoms in total. The van der Waals surface area contributed by atoms with Crippen LogP contribution in [-0.2, 0) is 27.3 Å². The van der Waals surface area contributed by atoms with E-state index < -0.39 is 29.4 Å². The third-order valence-corrected chi connectivity index (χ3v) is 6.28. The molecule has 3 N–H and O–H groups in total. The predicted octanol–water partition coefficient (Wildman–Crippen LogP) is 2.90. The number of pyridine rings is 2. The van der Waals surface area contributed by atoms with Crippen LogP contribution in [0.3, 0.4) is 0 Å². The highest BCUT2D eigenvalue weighted by molar-refractivity contribution is 5.96. The molecule has 1 unspecified atom stereocenters. The molecule has 0 bridgehead atoms. The van der Waals surface area contributed by atoms with E-state index in [9.17, 15) is 23.6 Å². The number of alkyl carbamates (subject to hydrolysis) is 1. The Balaban J connectivity index is 1.83. The van der Waals surface area contributed by atoms with Gasteiger partial charge >= 0.3 is 6.09 Å². The van der Waals surface area contributed by atoms with Gasteiger partial charge < -0.3 is 29.8 Å². The summed E-state index contributed by atoms with van der Waals surface area (Å²) in [6, 6.07) is 2.09. The largest absolute Gasteiger partial charge is 0.453 e. The number of likely N-dealkylation sites (N-methyl/N-ethyl adjacent to an activating group) is 1. The number of aromatic nitrogens is 4. The van der Waals surface area contributed by atoms with Gasteiger partial charge in [-0.25, -0.2) is 14.2 Å². The van der Waals surface area contributed by atoms with Gasteiger partial charge in [-0.05, 0) is 50.3 Å². The molecular formula is C28H36FN7O5. The number of rotatable bonds is 11. The fraction of sp³-hybridized carbons (Fsp3) is 0.429. The van der Waals surface area contributed by atoms with Gasteiger partial charge in [0.15, 0.2) is 5.82 Å². The number of methoxy groups -OCH3 is 1. The van der Waals surface area contributed by atoms with Crippen molar-refractivity contribution in [1.82, 2.24) is 29.7 Å². The quantitative estimate of drug-likeness (QED) is 0.300. The van der Waals surface area contributed by atoms with Gasteiger partial charge in [0.05, 0.1) is 31.1 Å². The number of hydrogen-bond donors (Lipinski definition) is 3. The number of halogens is 1. The Bertz CT molecular complexity index is 1510. The Kier molecular flexibility index (Phi) is 10.3. The molecule has 0 radical (unpaired) electrons. The van der Waals surface area contributed by atoms with Crippen molar-refractivity contribution in [3.05, 3.63) is 63.9 Å². The topological polar surface area (TPSA) is 151 Å². The van der Waals surface area contributed by atoms with Crippen molar-refractivity contribution in [3.8, 4) is 0 Å². The summed E-state index contributed by atoms with van der Waals surface area (Å²) in [5.41, 5.74) is 1.40. The molecule has 0 saturated heterocycles. The third-order valence-electron chi connectivity index (χ3n) is 6.28.